The Hall–Kier alpha value is -2.16. The highest BCUT2D eigenvalue weighted by atomic mass is 19.3. The molecule has 4 nitrogen and oxygen atoms in total. The third-order valence-corrected chi connectivity index (χ3v) is 1.98. The quantitative estimate of drug-likeness (QED) is 0.876. The summed E-state index contributed by atoms with van der Waals surface area (Å²) in [6, 6.07) is 4.48. The van der Waals surface area contributed by atoms with E-state index in [0.717, 1.165) is 0 Å². The molecule has 1 aromatic carbocycles. The molecule has 6 heteroatoms. The molecule has 17 heavy (non-hydrogen) atoms. The number of hydrogen-bond acceptors (Lipinski definition) is 3. The standard InChI is InChI=1S/C11H9F2NO3/c1-6-2-7(4-9(15)16)10(17-11(12)13)8(3-6)5-14/h2-3,11H,4H2,1H3,(H,15,16). The van der Waals surface area contributed by atoms with Crippen molar-refractivity contribution in [3.05, 3.63) is 28.8 Å². The van der Waals surface area contributed by atoms with Crippen molar-refractivity contribution < 1.29 is 23.4 Å². The lowest BCUT2D eigenvalue weighted by molar-refractivity contribution is -0.136. The van der Waals surface area contributed by atoms with Crippen molar-refractivity contribution in [3.8, 4) is 11.8 Å². The Bertz CT molecular complexity index is 480. The van der Waals surface area contributed by atoms with Crippen LogP contribution in [0.1, 0.15) is 16.7 Å². The number of rotatable bonds is 4. The van der Waals surface area contributed by atoms with E-state index >= 15 is 0 Å². The van der Waals surface area contributed by atoms with Crippen molar-refractivity contribution in [2.75, 3.05) is 0 Å². The van der Waals surface area contributed by atoms with Gasteiger partial charge in [0.2, 0.25) is 0 Å². The monoisotopic (exact) mass is 241 g/mol. The molecule has 0 fully saturated rings. The average molecular weight is 241 g/mol. The van der Waals surface area contributed by atoms with Crippen LogP contribution in [0.25, 0.3) is 0 Å². The van der Waals surface area contributed by atoms with Gasteiger partial charge in [0.25, 0.3) is 0 Å². The number of hydrogen-bond donors (Lipinski definition) is 1. The fraction of sp³-hybridized carbons (Fsp3) is 0.273. The summed E-state index contributed by atoms with van der Waals surface area (Å²) in [4.78, 5) is 10.6. The van der Waals surface area contributed by atoms with E-state index in [1.807, 2.05) is 0 Å². The maximum Gasteiger partial charge on any atom is 0.387 e. The lowest BCUT2D eigenvalue weighted by atomic mass is 10.0. The highest BCUT2D eigenvalue weighted by molar-refractivity contribution is 5.72. The number of ether oxygens (including phenoxy) is 1. The summed E-state index contributed by atoms with van der Waals surface area (Å²) >= 11 is 0. The Morgan fingerprint density at radius 2 is 2.24 bits per heavy atom. The van der Waals surface area contributed by atoms with Crippen LogP contribution in [-0.2, 0) is 11.2 Å². The van der Waals surface area contributed by atoms with Crippen molar-refractivity contribution in [1.82, 2.24) is 0 Å². The lowest BCUT2D eigenvalue weighted by Gasteiger charge is -2.12. The van der Waals surface area contributed by atoms with Crippen molar-refractivity contribution in [2.45, 2.75) is 20.0 Å². The number of aryl methyl sites for hydroxylation is 1. The number of nitriles is 1. The van der Waals surface area contributed by atoms with E-state index in [9.17, 15) is 13.6 Å². The SMILES string of the molecule is Cc1cc(C#N)c(OC(F)F)c(CC(=O)O)c1. The van der Waals surface area contributed by atoms with E-state index < -0.39 is 19.0 Å². The van der Waals surface area contributed by atoms with Gasteiger partial charge in [0.1, 0.15) is 11.8 Å². The molecule has 0 aromatic heterocycles. The molecule has 1 N–H and O–H groups in total. The summed E-state index contributed by atoms with van der Waals surface area (Å²) in [5, 5.41) is 17.4. The summed E-state index contributed by atoms with van der Waals surface area (Å²) < 4.78 is 28.6. The highest BCUT2D eigenvalue weighted by Crippen LogP contribution is 2.27. The number of aliphatic carboxylic acids is 1. The number of carbonyl (C=O) groups is 1. The maximum absolute atomic E-state index is 12.2. The first-order chi connectivity index (χ1) is 7.93. The van der Waals surface area contributed by atoms with Crippen molar-refractivity contribution in [1.29, 1.82) is 5.26 Å². The molecule has 0 aliphatic rings. The van der Waals surface area contributed by atoms with Crippen LogP contribution in [0.4, 0.5) is 8.78 Å². The molecule has 0 bridgehead atoms. The van der Waals surface area contributed by atoms with Crippen LogP contribution in [-0.4, -0.2) is 17.7 Å². The topological polar surface area (TPSA) is 70.3 Å². The molecule has 0 amide bonds. The third-order valence-electron chi connectivity index (χ3n) is 1.98. The lowest BCUT2D eigenvalue weighted by Crippen LogP contribution is -2.09. The molecule has 0 spiro atoms. The molecule has 0 aliphatic heterocycles. The summed E-state index contributed by atoms with van der Waals surface area (Å²) in [6.07, 6.45) is -0.474. The second kappa shape index (κ2) is 5.25. The molecule has 0 radical (unpaired) electrons. The Morgan fingerprint density at radius 1 is 1.59 bits per heavy atom. The predicted octanol–water partition coefficient (Wildman–Crippen LogP) is 2.10. The van der Waals surface area contributed by atoms with Gasteiger partial charge in [-0.3, -0.25) is 4.79 Å². The molecule has 0 saturated heterocycles. The van der Waals surface area contributed by atoms with Crippen LogP contribution in [0, 0.1) is 18.3 Å². The Balaban J connectivity index is 3.28. The van der Waals surface area contributed by atoms with Gasteiger partial charge in [0.05, 0.1) is 12.0 Å². The number of carboxylic acid groups (broad SMARTS) is 1. The van der Waals surface area contributed by atoms with E-state index in [1.54, 1.807) is 13.0 Å². The third kappa shape index (κ3) is 3.41. The first-order valence-corrected chi connectivity index (χ1v) is 4.64. The second-order valence-corrected chi connectivity index (χ2v) is 3.36. The van der Waals surface area contributed by atoms with Gasteiger partial charge in [-0.1, -0.05) is 6.07 Å². The minimum absolute atomic E-state index is 0.0642. The molecule has 90 valence electrons. The zero-order valence-corrected chi connectivity index (χ0v) is 8.91. The summed E-state index contributed by atoms with van der Waals surface area (Å²) in [5.41, 5.74) is 0.579. The first-order valence-electron chi connectivity index (χ1n) is 4.64. The maximum atomic E-state index is 12.2. The number of alkyl halides is 2. The van der Waals surface area contributed by atoms with Crippen LogP contribution >= 0.6 is 0 Å². The Morgan fingerprint density at radius 3 is 2.71 bits per heavy atom. The Labute approximate surface area is 96.0 Å². The van der Waals surface area contributed by atoms with Crippen molar-refractivity contribution in [3.63, 3.8) is 0 Å². The molecule has 0 unspecified atom stereocenters. The number of nitrogens with zero attached hydrogens (tertiary/aromatic N) is 1. The molecule has 0 atom stereocenters. The van der Waals surface area contributed by atoms with E-state index in [1.165, 1.54) is 12.1 Å². The van der Waals surface area contributed by atoms with Crippen LogP contribution in [0.5, 0.6) is 5.75 Å². The van der Waals surface area contributed by atoms with Gasteiger partial charge in [-0.2, -0.15) is 14.0 Å². The van der Waals surface area contributed by atoms with Crippen LogP contribution < -0.4 is 4.74 Å². The van der Waals surface area contributed by atoms with Crippen molar-refractivity contribution >= 4 is 5.97 Å². The number of halogens is 2. The normalized spacial score (nSPS) is 10.1. The van der Waals surface area contributed by atoms with E-state index in [0.29, 0.717) is 5.56 Å². The molecule has 1 aromatic rings. The minimum Gasteiger partial charge on any atom is -0.481 e. The smallest absolute Gasteiger partial charge is 0.387 e. The zero-order chi connectivity index (χ0) is 13.0. The largest absolute Gasteiger partial charge is 0.481 e. The number of carboxylic acids is 1. The number of benzene rings is 1. The van der Waals surface area contributed by atoms with E-state index in [4.69, 9.17) is 10.4 Å². The van der Waals surface area contributed by atoms with Gasteiger partial charge in [-0.25, -0.2) is 0 Å². The molecule has 1 rings (SSSR count). The Kier molecular flexibility index (Phi) is 3.99. The van der Waals surface area contributed by atoms with Crippen LogP contribution in [0.3, 0.4) is 0 Å². The van der Waals surface area contributed by atoms with Gasteiger partial charge in [-0.05, 0) is 18.6 Å². The van der Waals surface area contributed by atoms with E-state index in [2.05, 4.69) is 4.74 Å². The molecular weight excluding hydrogens is 232 g/mol. The average Bonchev–Trinajstić information content (AvgIpc) is 2.20. The summed E-state index contributed by atoms with van der Waals surface area (Å²) in [6.45, 7) is -1.46. The fourth-order valence-corrected chi connectivity index (χ4v) is 1.45. The highest BCUT2D eigenvalue weighted by Gasteiger charge is 2.17. The zero-order valence-electron chi connectivity index (χ0n) is 8.91. The van der Waals surface area contributed by atoms with Crippen LogP contribution in [0.15, 0.2) is 12.1 Å². The van der Waals surface area contributed by atoms with Gasteiger partial charge in [0.15, 0.2) is 0 Å². The van der Waals surface area contributed by atoms with Crippen molar-refractivity contribution in [2.24, 2.45) is 0 Å². The van der Waals surface area contributed by atoms with E-state index in [-0.39, 0.29) is 16.9 Å². The second-order valence-electron chi connectivity index (χ2n) is 3.36. The molecule has 0 aliphatic carbocycles. The fourth-order valence-electron chi connectivity index (χ4n) is 1.45. The molecule has 0 heterocycles. The van der Waals surface area contributed by atoms with Gasteiger partial charge < -0.3 is 9.84 Å². The molecular formula is C11H9F2NO3. The van der Waals surface area contributed by atoms with Crippen LogP contribution in [0.2, 0.25) is 0 Å². The summed E-state index contributed by atoms with van der Waals surface area (Å²) in [7, 11) is 0. The molecule has 0 saturated carbocycles. The van der Waals surface area contributed by atoms with Gasteiger partial charge in [0, 0.05) is 5.56 Å². The first kappa shape index (κ1) is 12.9. The minimum atomic E-state index is -3.10. The van der Waals surface area contributed by atoms with Gasteiger partial charge in [-0.15, -0.1) is 0 Å². The predicted molar refractivity (Wildman–Crippen MR) is 53.9 cm³/mol. The summed E-state index contributed by atoms with van der Waals surface area (Å²) in [5.74, 6) is -1.55. The van der Waals surface area contributed by atoms with Gasteiger partial charge >= 0.3 is 12.6 Å².